The van der Waals surface area contributed by atoms with Crippen LogP contribution >= 0.6 is 0 Å². The molecular weight excluding hydrogens is 306 g/mol. The number of ether oxygens (including phenoxy) is 3. The van der Waals surface area contributed by atoms with Crippen LogP contribution in [0.15, 0.2) is 42.5 Å². The molecule has 1 N–H and O–H groups in total. The highest BCUT2D eigenvalue weighted by Gasteiger charge is 2.10. The lowest BCUT2D eigenvalue weighted by Gasteiger charge is -2.13. The van der Waals surface area contributed by atoms with Crippen molar-refractivity contribution in [2.75, 3.05) is 25.6 Å². The smallest absolute Gasteiger partial charge is 0.262 e. The van der Waals surface area contributed by atoms with Gasteiger partial charge in [0.25, 0.3) is 5.91 Å². The van der Waals surface area contributed by atoms with Crippen molar-refractivity contribution in [2.45, 2.75) is 20.3 Å². The zero-order valence-electron chi connectivity index (χ0n) is 14.3. The van der Waals surface area contributed by atoms with Crippen LogP contribution in [0.5, 0.6) is 17.2 Å². The highest BCUT2D eigenvalue weighted by Crippen LogP contribution is 2.27. The van der Waals surface area contributed by atoms with Crippen LogP contribution in [-0.2, 0) is 4.79 Å². The number of methoxy groups -OCH3 is 1. The fourth-order valence-electron chi connectivity index (χ4n) is 2.15. The van der Waals surface area contributed by atoms with Crippen molar-refractivity contribution in [3.05, 3.63) is 48.0 Å². The molecule has 0 radical (unpaired) electrons. The lowest BCUT2D eigenvalue weighted by molar-refractivity contribution is -0.118. The molecule has 5 nitrogen and oxygen atoms in total. The van der Waals surface area contributed by atoms with E-state index in [1.807, 2.05) is 50.2 Å². The maximum atomic E-state index is 12.2. The third kappa shape index (κ3) is 4.91. The summed E-state index contributed by atoms with van der Waals surface area (Å²) in [6.45, 7) is 4.48. The van der Waals surface area contributed by atoms with Crippen molar-refractivity contribution in [1.82, 2.24) is 0 Å². The molecule has 0 spiro atoms. The molecular formula is C19H23NO4. The Balaban J connectivity index is 1.98. The van der Waals surface area contributed by atoms with Crippen LogP contribution in [-0.4, -0.2) is 26.2 Å². The first-order valence-electron chi connectivity index (χ1n) is 7.93. The van der Waals surface area contributed by atoms with Crippen LogP contribution in [0.3, 0.4) is 0 Å². The third-order valence-corrected chi connectivity index (χ3v) is 3.30. The van der Waals surface area contributed by atoms with Gasteiger partial charge in [0, 0.05) is 0 Å². The van der Waals surface area contributed by atoms with E-state index < -0.39 is 0 Å². The van der Waals surface area contributed by atoms with Crippen molar-refractivity contribution in [1.29, 1.82) is 0 Å². The summed E-state index contributed by atoms with van der Waals surface area (Å²) in [4.78, 5) is 12.2. The summed E-state index contributed by atoms with van der Waals surface area (Å²) in [6.07, 6.45) is 0.905. The van der Waals surface area contributed by atoms with Crippen molar-refractivity contribution in [2.24, 2.45) is 0 Å². The Labute approximate surface area is 142 Å². The Bertz CT molecular complexity index is 685. The third-order valence-electron chi connectivity index (χ3n) is 3.30. The minimum Gasteiger partial charge on any atom is -0.495 e. The van der Waals surface area contributed by atoms with Crippen LogP contribution in [0, 0.1) is 6.92 Å². The van der Waals surface area contributed by atoms with Gasteiger partial charge < -0.3 is 19.5 Å². The van der Waals surface area contributed by atoms with E-state index in [1.165, 1.54) is 0 Å². The van der Waals surface area contributed by atoms with Crippen LogP contribution < -0.4 is 19.5 Å². The predicted molar refractivity (Wildman–Crippen MR) is 94.1 cm³/mol. The van der Waals surface area contributed by atoms with E-state index in [9.17, 15) is 4.79 Å². The standard InChI is InChI=1S/C19H23NO4/c1-4-11-23-17-7-5-6-8-18(17)24-13-19(21)20-15-12-14(2)9-10-16(15)22-3/h5-10,12H,4,11,13H2,1-3H3,(H,20,21). The summed E-state index contributed by atoms with van der Waals surface area (Å²) < 4.78 is 16.5. The van der Waals surface area contributed by atoms with E-state index in [1.54, 1.807) is 13.2 Å². The largest absolute Gasteiger partial charge is 0.495 e. The molecule has 0 aliphatic rings. The molecule has 0 saturated carbocycles. The summed E-state index contributed by atoms with van der Waals surface area (Å²) in [5.74, 6) is 1.54. The molecule has 1 amide bonds. The number of rotatable bonds is 8. The first-order chi connectivity index (χ1) is 11.6. The maximum absolute atomic E-state index is 12.2. The topological polar surface area (TPSA) is 56.8 Å². The molecule has 0 aromatic heterocycles. The number of amides is 1. The molecule has 5 heteroatoms. The van der Waals surface area contributed by atoms with E-state index in [0.29, 0.717) is 29.5 Å². The summed E-state index contributed by atoms with van der Waals surface area (Å²) in [7, 11) is 1.57. The van der Waals surface area contributed by atoms with E-state index in [0.717, 1.165) is 12.0 Å². The summed E-state index contributed by atoms with van der Waals surface area (Å²) in [5, 5.41) is 2.81. The van der Waals surface area contributed by atoms with Crippen LogP contribution in [0.4, 0.5) is 5.69 Å². The lowest BCUT2D eigenvalue weighted by Crippen LogP contribution is -2.20. The summed E-state index contributed by atoms with van der Waals surface area (Å²) in [5.41, 5.74) is 1.66. The zero-order valence-corrected chi connectivity index (χ0v) is 14.3. The quantitative estimate of drug-likeness (QED) is 0.800. The van der Waals surface area contributed by atoms with E-state index in [4.69, 9.17) is 14.2 Å². The molecule has 0 fully saturated rings. The number of hydrogen-bond acceptors (Lipinski definition) is 4. The molecule has 2 rings (SSSR count). The van der Waals surface area contributed by atoms with E-state index in [2.05, 4.69) is 5.32 Å². The SMILES string of the molecule is CCCOc1ccccc1OCC(=O)Nc1cc(C)ccc1OC. The van der Waals surface area contributed by atoms with Gasteiger partial charge in [-0.1, -0.05) is 25.1 Å². The van der Waals surface area contributed by atoms with Crippen LogP contribution in [0.2, 0.25) is 0 Å². The van der Waals surface area contributed by atoms with Crippen molar-refractivity contribution < 1.29 is 19.0 Å². The molecule has 0 aliphatic heterocycles. The Morgan fingerprint density at radius 3 is 2.42 bits per heavy atom. The predicted octanol–water partition coefficient (Wildman–Crippen LogP) is 3.81. The number of para-hydroxylation sites is 2. The van der Waals surface area contributed by atoms with Crippen molar-refractivity contribution >= 4 is 11.6 Å². The van der Waals surface area contributed by atoms with E-state index >= 15 is 0 Å². The number of hydrogen-bond donors (Lipinski definition) is 1. The minimum atomic E-state index is -0.260. The first-order valence-corrected chi connectivity index (χ1v) is 7.93. The summed E-state index contributed by atoms with van der Waals surface area (Å²) >= 11 is 0. The molecule has 0 unspecified atom stereocenters. The minimum absolute atomic E-state index is 0.108. The average molecular weight is 329 g/mol. The number of aryl methyl sites for hydroxylation is 1. The van der Waals surface area contributed by atoms with Gasteiger partial charge in [-0.05, 0) is 43.2 Å². The second-order valence-electron chi connectivity index (χ2n) is 5.34. The fraction of sp³-hybridized carbons (Fsp3) is 0.316. The van der Waals surface area contributed by atoms with Gasteiger partial charge in [0.15, 0.2) is 18.1 Å². The highest BCUT2D eigenvalue weighted by atomic mass is 16.5. The Morgan fingerprint density at radius 2 is 1.75 bits per heavy atom. The molecule has 0 saturated heterocycles. The van der Waals surface area contributed by atoms with E-state index in [-0.39, 0.29) is 12.5 Å². The number of carbonyl (C=O) groups is 1. The van der Waals surface area contributed by atoms with Gasteiger partial charge in [-0.2, -0.15) is 0 Å². The normalized spacial score (nSPS) is 10.1. The van der Waals surface area contributed by atoms with Gasteiger partial charge >= 0.3 is 0 Å². The molecule has 24 heavy (non-hydrogen) atoms. The van der Waals surface area contributed by atoms with Gasteiger partial charge in [0.1, 0.15) is 5.75 Å². The van der Waals surface area contributed by atoms with Gasteiger partial charge in [0.2, 0.25) is 0 Å². The van der Waals surface area contributed by atoms with Crippen molar-refractivity contribution in [3.63, 3.8) is 0 Å². The molecule has 0 aliphatic carbocycles. The number of benzene rings is 2. The molecule has 128 valence electrons. The zero-order chi connectivity index (χ0) is 17.4. The first kappa shape index (κ1) is 17.7. The summed E-state index contributed by atoms with van der Waals surface area (Å²) in [6, 6.07) is 12.9. The maximum Gasteiger partial charge on any atom is 0.262 e. The number of carbonyl (C=O) groups excluding carboxylic acids is 1. The highest BCUT2D eigenvalue weighted by molar-refractivity contribution is 5.93. The molecule has 0 atom stereocenters. The van der Waals surface area contributed by atoms with Crippen LogP contribution in [0.1, 0.15) is 18.9 Å². The second-order valence-corrected chi connectivity index (χ2v) is 5.34. The van der Waals surface area contributed by atoms with Crippen molar-refractivity contribution in [3.8, 4) is 17.2 Å². The Hall–Kier alpha value is -2.69. The molecule has 0 heterocycles. The monoisotopic (exact) mass is 329 g/mol. The van der Waals surface area contributed by atoms with Gasteiger partial charge in [-0.25, -0.2) is 0 Å². The molecule has 2 aromatic rings. The Morgan fingerprint density at radius 1 is 1.04 bits per heavy atom. The van der Waals surface area contributed by atoms with Crippen LogP contribution in [0.25, 0.3) is 0 Å². The molecule has 2 aromatic carbocycles. The average Bonchev–Trinajstić information content (AvgIpc) is 2.59. The second kappa shape index (κ2) is 8.82. The van der Waals surface area contributed by atoms with Gasteiger partial charge in [0.05, 0.1) is 19.4 Å². The number of nitrogens with one attached hydrogen (secondary N) is 1. The number of anilines is 1. The molecule has 0 bridgehead atoms. The fourth-order valence-corrected chi connectivity index (χ4v) is 2.15. The van der Waals surface area contributed by atoms with Gasteiger partial charge in [-0.15, -0.1) is 0 Å². The van der Waals surface area contributed by atoms with Gasteiger partial charge in [-0.3, -0.25) is 4.79 Å². The Kier molecular flexibility index (Phi) is 6.49. The lowest BCUT2D eigenvalue weighted by atomic mass is 10.2.